The molecular weight excluding hydrogens is 246 g/mol. The maximum atomic E-state index is 11.1. The van der Waals surface area contributed by atoms with E-state index in [4.69, 9.17) is 5.11 Å². The Morgan fingerprint density at radius 1 is 1.05 bits per heavy atom. The summed E-state index contributed by atoms with van der Waals surface area (Å²) in [6, 6.07) is 12.8. The van der Waals surface area contributed by atoms with Gasteiger partial charge in [-0.2, -0.15) is 0 Å². The number of carboxylic acids is 1. The number of nitro benzene ring substituents is 1. The third-order valence-electron chi connectivity index (χ3n) is 2.82. The second-order valence-corrected chi connectivity index (χ2v) is 4.02. The Kier molecular flexibility index (Phi) is 3.56. The fraction of sp³-hybridized carbons (Fsp3) is 0.0714. The zero-order chi connectivity index (χ0) is 13.8. The number of nitro groups is 1. The van der Waals surface area contributed by atoms with E-state index in [0.717, 1.165) is 0 Å². The fourth-order valence-electron chi connectivity index (χ4n) is 1.93. The second-order valence-electron chi connectivity index (χ2n) is 4.02. The summed E-state index contributed by atoms with van der Waals surface area (Å²) < 4.78 is 0. The lowest BCUT2D eigenvalue weighted by Gasteiger charge is -2.06. The second kappa shape index (κ2) is 5.30. The van der Waals surface area contributed by atoms with Crippen LogP contribution in [-0.4, -0.2) is 16.0 Å². The Balaban J connectivity index is 2.42. The molecule has 0 radical (unpaired) electrons. The van der Waals surface area contributed by atoms with Gasteiger partial charge in [0, 0.05) is 18.1 Å². The molecule has 2 aromatic carbocycles. The number of hydrogen-bond donors (Lipinski definition) is 1. The van der Waals surface area contributed by atoms with Crippen LogP contribution in [0.1, 0.15) is 21.5 Å². The SMILES string of the molecule is O=C(O)c1ccccc1Cc1ccccc1[N+](=O)[O-]. The largest absolute Gasteiger partial charge is 0.478 e. The van der Waals surface area contributed by atoms with Crippen molar-refractivity contribution in [2.75, 3.05) is 0 Å². The number of rotatable bonds is 4. The van der Waals surface area contributed by atoms with Gasteiger partial charge in [-0.25, -0.2) is 4.79 Å². The van der Waals surface area contributed by atoms with Gasteiger partial charge in [-0.1, -0.05) is 36.4 Å². The minimum Gasteiger partial charge on any atom is -0.478 e. The van der Waals surface area contributed by atoms with Crippen LogP contribution < -0.4 is 0 Å². The van der Waals surface area contributed by atoms with Gasteiger partial charge >= 0.3 is 5.97 Å². The van der Waals surface area contributed by atoms with Gasteiger partial charge in [0.2, 0.25) is 0 Å². The first kappa shape index (κ1) is 12.8. The molecule has 0 unspecified atom stereocenters. The van der Waals surface area contributed by atoms with E-state index in [1.165, 1.54) is 12.1 Å². The highest BCUT2D eigenvalue weighted by Crippen LogP contribution is 2.22. The van der Waals surface area contributed by atoms with Crippen molar-refractivity contribution in [3.05, 3.63) is 75.3 Å². The maximum Gasteiger partial charge on any atom is 0.335 e. The number of aromatic carboxylic acids is 1. The van der Waals surface area contributed by atoms with Gasteiger partial charge in [0.1, 0.15) is 0 Å². The van der Waals surface area contributed by atoms with Gasteiger partial charge in [-0.05, 0) is 11.6 Å². The van der Waals surface area contributed by atoms with Crippen molar-refractivity contribution in [2.24, 2.45) is 0 Å². The van der Waals surface area contributed by atoms with Gasteiger partial charge < -0.3 is 5.11 Å². The molecule has 0 atom stereocenters. The van der Waals surface area contributed by atoms with Crippen molar-refractivity contribution in [1.29, 1.82) is 0 Å². The molecule has 96 valence electrons. The van der Waals surface area contributed by atoms with Crippen molar-refractivity contribution in [3.63, 3.8) is 0 Å². The lowest BCUT2D eigenvalue weighted by molar-refractivity contribution is -0.385. The Morgan fingerprint density at radius 3 is 2.26 bits per heavy atom. The van der Waals surface area contributed by atoms with Gasteiger partial charge in [-0.15, -0.1) is 0 Å². The Hall–Kier alpha value is -2.69. The zero-order valence-electron chi connectivity index (χ0n) is 9.95. The predicted octanol–water partition coefficient (Wildman–Crippen LogP) is 2.88. The van der Waals surface area contributed by atoms with Crippen LogP contribution in [0.4, 0.5) is 5.69 Å². The maximum absolute atomic E-state index is 11.1. The van der Waals surface area contributed by atoms with Gasteiger partial charge in [-0.3, -0.25) is 10.1 Å². The predicted molar refractivity (Wildman–Crippen MR) is 69.3 cm³/mol. The van der Waals surface area contributed by atoms with Crippen LogP contribution in [0.25, 0.3) is 0 Å². The molecule has 1 N–H and O–H groups in total. The summed E-state index contributed by atoms with van der Waals surface area (Å²) >= 11 is 0. The Morgan fingerprint density at radius 2 is 1.63 bits per heavy atom. The summed E-state index contributed by atoms with van der Waals surface area (Å²) in [5.74, 6) is -1.03. The molecule has 0 fully saturated rings. The molecular formula is C14H11NO4. The molecule has 5 nitrogen and oxygen atoms in total. The van der Waals surface area contributed by atoms with Gasteiger partial charge in [0.05, 0.1) is 10.5 Å². The van der Waals surface area contributed by atoms with E-state index in [1.807, 2.05) is 0 Å². The average Bonchev–Trinajstić information content (AvgIpc) is 2.39. The van der Waals surface area contributed by atoms with Crippen LogP contribution in [0, 0.1) is 10.1 Å². The van der Waals surface area contributed by atoms with Crippen molar-refractivity contribution in [1.82, 2.24) is 0 Å². The molecule has 0 amide bonds. The van der Waals surface area contributed by atoms with Crippen LogP contribution >= 0.6 is 0 Å². The molecule has 2 aromatic rings. The first-order chi connectivity index (χ1) is 9.09. The molecule has 5 heteroatoms. The summed E-state index contributed by atoms with van der Waals surface area (Å²) in [6.45, 7) is 0. The standard InChI is InChI=1S/C14H11NO4/c16-14(17)12-7-3-1-5-10(12)9-11-6-2-4-8-13(11)15(18)19/h1-8H,9H2,(H,16,17). The highest BCUT2D eigenvalue weighted by Gasteiger charge is 2.15. The molecule has 0 spiro atoms. The monoisotopic (exact) mass is 257 g/mol. The molecule has 0 saturated heterocycles. The van der Waals surface area contributed by atoms with Crippen molar-refractivity contribution in [3.8, 4) is 0 Å². The molecule has 0 heterocycles. The average molecular weight is 257 g/mol. The summed E-state index contributed by atoms with van der Waals surface area (Å²) in [5.41, 5.74) is 1.23. The topological polar surface area (TPSA) is 80.4 Å². The Bertz CT molecular complexity index is 581. The summed E-state index contributed by atoms with van der Waals surface area (Å²) in [7, 11) is 0. The molecule has 0 aliphatic rings. The number of carbonyl (C=O) groups is 1. The van der Waals surface area contributed by atoms with Crippen LogP contribution in [-0.2, 0) is 6.42 Å². The van der Waals surface area contributed by atoms with Crippen molar-refractivity contribution < 1.29 is 14.8 Å². The van der Waals surface area contributed by atoms with Crippen LogP contribution in [0.2, 0.25) is 0 Å². The summed E-state index contributed by atoms with van der Waals surface area (Å²) in [5, 5.41) is 20.0. The normalized spacial score (nSPS) is 10.1. The lowest BCUT2D eigenvalue weighted by atomic mass is 9.99. The van der Waals surface area contributed by atoms with Gasteiger partial charge in [0.15, 0.2) is 0 Å². The van der Waals surface area contributed by atoms with E-state index < -0.39 is 10.9 Å². The van der Waals surface area contributed by atoms with E-state index in [-0.39, 0.29) is 17.7 Å². The van der Waals surface area contributed by atoms with Crippen LogP contribution in [0.15, 0.2) is 48.5 Å². The van der Waals surface area contributed by atoms with Crippen LogP contribution in [0.5, 0.6) is 0 Å². The van der Waals surface area contributed by atoms with E-state index in [1.54, 1.807) is 36.4 Å². The quantitative estimate of drug-likeness (QED) is 0.674. The molecule has 19 heavy (non-hydrogen) atoms. The number of nitrogens with zero attached hydrogens (tertiary/aromatic N) is 1. The lowest BCUT2D eigenvalue weighted by Crippen LogP contribution is -2.04. The number of carboxylic acid groups (broad SMARTS) is 1. The first-order valence-electron chi connectivity index (χ1n) is 5.63. The minimum atomic E-state index is -1.03. The molecule has 0 aromatic heterocycles. The highest BCUT2D eigenvalue weighted by molar-refractivity contribution is 5.89. The number of para-hydroxylation sites is 1. The molecule has 2 rings (SSSR count). The van der Waals surface area contributed by atoms with Gasteiger partial charge in [0.25, 0.3) is 5.69 Å². The third-order valence-corrected chi connectivity index (χ3v) is 2.82. The number of hydrogen-bond acceptors (Lipinski definition) is 3. The zero-order valence-corrected chi connectivity index (χ0v) is 9.95. The smallest absolute Gasteiger partial charge is 0.335 e. The van der Waals surface area contributed by atoms with Crippen LogP contribution in [0.3, 0.4) is 0 Å². The van der Waals surface area contributed by atoms with Crippen molar-refractivity contribution in [2.45, 2.75) is 6.42 Å². The van der Waals surface area contributed by atoms with Crippen molar-refractivity contribution >= 4 is 11.7 Å². The molecule has 0 aliphatic carbocycles. The highest BCUT2D eigenvalue weighted by atomic mass is 16.6. The van der Waals surface area contributed by atoms with E-state index >= 15 is 0 Å². The summed E-state index contributed by atoms with van der Waals surface area (Å²) in [6.07, 6.45) is 0.222. The minimum absolute atomic E-state index is 0.00249. The summed E-state index contributed by atoms with van der Waals surface area (Å²) in [4.78, 5) is 21.6. The molecule has 0 saturated carbocycles. The Labute approximate surface area is 109 Å². The first-order valence-corrected chi connectivity index (χ1v) is 5.63. The van der Waals surface area contributed by atoms with E-state index in [0.29, 0.717) is 11.1 Å². The van der Waals surface area contributed by atoms with E-state index in [2.05, 4.69) is 0 Å². The third kappa shape index (κ3) is 2.77. The van der Waals surface area contributed by atoms with E-state index in [9.17, 15) is 14.9 Å². The molecule has 0 aliphatic heterocycles. The number of benzene rings is 2. The molecule has 0 bridgehead atoms. The fourth-order valence-corrected chi connectivity index (χ4v) is 1.93.